The van der Waals surface area contributed by atoms with Crippen LogP contribution in [0, 0.1) is 5.92 Å². The van der Waals surface area contributed by atoms with Gasteiger partial charge < -0.3 is 15.8 Å². The molecule has 6 nitrogen and oxygen atoms in total. The first-order chi connectivity index (χ1) is 7.15. The number of nitrogens with zero attached hydrogens (tertiary/aromatic N) is 1. The fourth-order valence-corrected chi connectivity index (χ4v) is 1.18. The van der Waals surface area contributed by atoms with Gasteiger partial charge >= 0.3 is 0 Å². The fourth-order valence-electron chi connectivity index (χ4n) is 1.18. The summed E-state index contributed by atoms with van der Waals surface area (Å²) in [4.78, 5) is 11.5. The maximum atomic E-state index is 11.5. The highest BCUT2D eigenvalue weighted by Gasteiger charge is 2.12. The molecule has 0 saturated carbocycles. The Bertz CT molecular complexity index is 324. The SMILES string of the molecule is COCC(C)CNC(=O)c1[nH]ncc1N. The summed E-state index contributed by atoms with van der Waals surface area (Å²) in [6.45, 7) is 3.14. The lowest BCUT2D eigenvalue weighted by molar-refractivity contribution is 0.0930. The molecule has 1 unspecified atom stereocenters. The van der Waals surface area contributed by atoms with Crippen LogP contribution in [0.4, 0.5) is 5.69 Å². The Balaban J connectivity index is 2.40. The van der Waals surface area contributed by atoms with Gasteiger partial charge in [-0.2, -0.15) is 5.10 Å². The number of H-pyrrole nitrogens is 1. The zero-order valence-electron chi connectivity index (χ0n) is 8.91. The molecule has 1 atom stereocenters. The predicted molar refractivity (Wildman–Crippen MR) is 56.4 cm³/mol. The number of aromatic amines is 1. The third-order valence-corrected chi connectivity index (χ3v) is 1.96. The average molecular weight is 212 g/mol. The van der Waals surface area contributed by atoms with Crippen molar-refractivity contribution in [2.24, 2.45) is 5.92 Å². The minimum atomic E-state index is -0.243. The number of rotatable bonds is 5. The van der Waals surface area contributed by atoms with E-state index < -0.39 is 0 Å². The molecule has 1 aromatic rings. The molecule has 1 heterocycles. The van der Waals surface area contributed by atoms with Gasteiger partial charge in [0.05, 0.1) is 18.5 Å². The van der Waals surface area contributed by atoms with Gasteiger partial charge in [0.25, 0.3) is 5.91 Å². The molecule has 4 N–H and O–H groups in total. The molecule has 1 aromatic heterocycles. The van der Waals surface area contributed by atoms with Crippen LogP contribution in [0.5, 0.6) is 0 Å². The molecule has 0 aromatic carbocycles. The van der Waals surface area contributed by atoms with Gasteiger partial charge in [-0.1, -0.05) is 6.92 Å². The van der Waals surface area contributed by atoms with Crippen LogP contribution >= 0.6 is 0 Å². The summed E-state index contributed by atoms with van der Waals surface area (Å²) in [5.74, 6) is 0.0241. The molecule has 0 aliphatic rings. The largest absolute Gasteiger partial charge is 0.396 e. The Labute approximate surface area is 88.2 Å². The van der Waals surface area contributed by atoms with Crippen molar-refractivity contribution in [1.29, 1.82) is 0 Å². The lowest BCUT2D eigenvalue weighted by Gasteiger charge is -2.10. The molecule has 84 valence electrons. The third-order valence-electron chi connectivity index (χ3n) is 1.96. The van der Waals surface area contributed by atoms with E-state index in [1.165, 1.54) is 6.20 Å². The van der Waals surface area contributed by atoms with E-state index in [1.54, 1.807) is 7.11 Å². The predicted octanol–water partition coefficient (Wildman–Crippen LogP) is 0.00420. The lowest BCUT2D eigenvalue weighted by Crippen LogP contribution is -2.30. The first-order valence-electron chi connectivity index (χ1n) is 4.71. The monoisotopic (exact) mass is 212 g/mol. The summed E-state index contributed by atoms with van der Waals surface area (Å²) in [6.07, 6.45) is 1.41. The topological polar surface area (TPSA) is 93.0 Å². The van der Waals surface area contributed by atoms with Crippen LogP contribution in [0.15, 0.2) is 6.20 Å². The van der Waals surface area contributed by atoms with E-state index in [4.69, 9.17) is 10.5 Å². The zero-order valence-corrected chi connectivity index (χ0v) is 8.91. The van der Waals surface area contributed by atoms with Gasteiger partial charge in [-0.15, -0.1) is 0 Å². The Morgan fingerprint density at radius 3 is 3.07 bits per heavy atom. The van der Waals surface area contributed by atoms with E-state index in [2.05, 4.69) is 15.5 Å². The minimum absolute atomic E-state index is 0.243. The van der Waals surface area contributed by atoms with E-state index in [-0.39, 0.29) is 11.8 Å². The molecular weight excluding hydrogens is 196 g/mol. The Morgan fingerprint density at radius 2 is 2.53 bits per heavy atom. The van der Waals surface area contributed by atoms with Crippen LogP contribution in [0.2, 0.25) is 0 Å². The van der Waals surface area contributed by atoms with Crippen LogP contribution in [-0.2, 0) is 4.74 Å². The molecule has 0 spiro atoms. The second-order valence-corrected chi connectivity index (χ2v) is 3.47. The average Bonchev–Trinajstić information content (AvgIpc) is 2.61. The number of hydrogen-bond donors (Lipinski definition) is 3. The van der Waals surface area contributed by atoms with Crippen molar-refractivity contribution in [3.8, 4) is 0 Å². The van der Waals surface area contributed by atoms with Crippen molar-refractivity contribution < 1.29 is 9.53 Å². The Kier molecular flexibility index (Phi) is 4.11. The minimum Gasteiger partial charge on any atom is -0.396 e. The number of nitrogens with two attached hydrogens (primary N) is 1. The Morgan fingerprint density at radius 1 is 1.80 bits per heavy atom. The van der Waals surface area contributed by atoms with E-state index in [0.29, 0.717) is 24.5 Å². The highest BCUT2D eigenvalue weighted by Crippen LogP contribution is 2.05. The molecule has 1 rings (SSSR count). The van der Waals surface area contributed by atoms with Crippen molar-refractivity contribution >= 4 is 11.6 Å². The molecule has 0 fully saturated rings. The number of carbonyl (C=O) groups excluding carboxylic acids is 1. The second-order valence-electron chi connectivity index (χ2n) is 3.47. The van der Waals surface area contributed by atoms with Crippen LogP contribution in [0.25, 0.3) is 0 Å². The first-order valence-corrected chi connectivity index (χ1v) is 4.71. The molecule has 0 saturated heterocycles. The van der Waals surface area contributed by atoms with Crippen molar-refractivity contribution in [2.45, 2.75) is 6.92 Å². The van der Waals surface area contributed by atoms with Gasteiger partial charge in [-0.05, 0) is 5.92 Å². The highest BCUT2D eigenvalue weighted by atomic mass is 16.5. The van der Waals surface area contributed by atoms with Gasteiger partial charge in [-0.3, -0.25) is 9.89 Å². The number of ether oxygens (including phenoxy) is 1. The van der Waals surface area contributed by atoms with Gasteiger partial charge in [0.1, 0.15) is 5.69 Å². The van der Waals surface area contributed by atoms with Crippen molar-refractivity contribution in [2.75, 3.05) is 26.0 Å². The third kappa shape index (κ3) is 3.25. The number of aromatic nitrogens is 2. The van der Waals surface area contributed by atoms with Gasteiger partial charge in [0.2, 0.25) is 0 Å². The molecule has 15 heavy (non-hydrogen) atoms. The smallest absolute Gasteiger partial charge is 0.271 e. The van der Waals surface area contributed by atoms with E-state index in [1.807, 2.05) is 6.92 Å². The summed E-state index contributed by atoms with van der Waals surface area (Å²) in [5.41, 5.74) is 6.19. The number of carbonyl (C=O) groups is 1. The lowest BCUT2D eigenvalue weighted by atomic mass is 10.2. The number of anilines is 1. The number of hydrogen-bond acceptors (Lipinski definition) is 4. The number of nitrogen functional groups attached to an aromatic ring is 1. The molecule has 0 bridgehead atoms. The second kappa shape index (κ2) is 5.35. The van der Waals surface area contributed by atoms with Gasteiger partial charge in [-0.25, -0.2) is 0 Å². The summed E-state index contributed by atoms with van der Waals surface area (Å²) in [6, 6.07) is 0. The van der Waals surface area contributed by atoms with Crippen LogP contribution in [0.1, 0.15) is 17.4 Å². The molecule has 0 aliphatic heterocycles. The zero-order chi connectivity index (χ0) is 11.3. The van der Waals surface area contributed by atoms with Gasteiger partial charge in [0.15, 0.2) is 0 Å². The molecule has 0 radical (unpaired) electrons. The standard InChI is InChI=1S/C9H16N4O2/c1-6(5-15-2)3-11-9(14)8-7(10)4-12-13-8/h4,6H,3,5,10H2,1-2H3,(H,11,14)(H,12,13). The molecular formula is C9H16N4O2. The number of methoxy groups -OCH3 is 1. The van der Waals surface area contributed by atoms with Crippen LogP contribution in [-0.4, -0.2) is 36.4 Å². The summed E-state index contributed by atoms with van der Waals surface area (Å²) < 4.78 is 4.95. The quantitative estimate of drug-likeness (QED) is 0.640. The summed E-state index contributed by atoms with van der Waals surface area (Å²) >= 11 is 0. The number of nitrogens with one attached hydrogen (secondary N) is 2. The van der Waals surface area contributed by atoms with Crippen molar-refractivity contribution in [3.63, 3.8) is 0 Å². The maximum absolute atomic E-state index is 11.5. The maximum Gasteiger partial charge on any atom is 0.271 e. The summed E-state index contributed by atoms with van der Waals surface area (Å²) in [5, 5.41) is 8.95. The van der Waals surface area contributed by atoms with E-state index in [0.717, 1.165) is 0 Å². The molecule has 6 heteroatoms. The first kappa shape index (κ1) is 11.5. The van der Waals surface area contributed by atoms with E-state index in [9.17, 15) is 4.79 Å². The highest BCUT2D eigenvalue weighted by molar-refractivity contribution is 5.96. The Hall–Kier alpha value is -1.56. The fraction of sp³-hybridized carbons (Fsp3) is 0.556. The van der Waals surface area contributed by atoms with Gasteiger partial charge in [0, 0.05) is 13.7 Å². The summed E-state index contributed by atoms with van der Waals surface area (Å²) in [7, 11) is 1.63. The molecule has 0 aliphatic carbocycles. The van der Waals surface area contributed by atoms with Crippen LogP contribution < -0.4 is 11.1 Å². The van der Waals surface area contributed by atoms with Crippen LogP contribution in [0.3, 0.4) is 0 Å². The normalized spacial score (nSPS) is 12.4. The van der Waals surface area contributed by atoms with E-state index >= 15 is 0 Å². The van der Waals surface area contributed by atoms with Crippen molar-refractivity contribution in [1.82, 2.24) is 15.5 Å². The molecule has 1 amide bonds. The number of amides is 1. The van der Waals surface area contributed by atoms with Crippen molar-refractivity contribution in [3.05, 3.63) is 11.9 Å².